The molecule has 1 fully saturated rings. The van der Waals surface area contributed by atoms with Crippen molar-refractivity contribution in [3.8, 4) is 0 Å². The zero-order valence-electron chi connectivity index (χ0n) is 12.6. The fourth-order valence-corrected chi connectivity index (χ4v) is 2.80. The summed E-state index contributed by atoms with van der Waals surface area (Å²) in [6.45, 7) is 4.91. The Hall–Kier alpha value is -2.04. The Labute approximate surface area is 125 Å². The average molecular weight is 290 g/mol. The van der Waals surface area contributed by atoms with E-state index >= 15 is 0 Å². The van der Waals surface area contributed by atoms with Crippen LogP contribution in [0.3, 0.4) is 0 Å². The van der Waals surface area contributed by atoms with E-state index in [1.165, 1.54) is 4.90 Å². The summed E-state index contributed by atoms with van der Waals surface area (Å²) >= 11 is 0. The summed E-state index contributed by atoms with van der Waals surface area (Å²) in [5.41, 5.74) is 1.89. The van der Waals surface area contributed by atoms with Crippen molar-refractivity contribution >= 4 is 17.7 Å². The summed E-state index contributed by atoms with van der Waals surface area (Å²) in [5.74, 6) is -0.914. The lowest BCUT2D eigenvalue weighted by atomic mass is 10.0. The highest BCUT2D eigenvalue weighted by atomic mass is 16.4. The molecule has 1 aliphatic rings. The van der Waals surface area contributed by atoms with Crippen molar-refractivity contribution in [1.82, 2.24) is 4.90 Å². The van der Waals surface area contributed by atoms with E-state index in [4.69, 9.17) is 0 Å². The molecule has 0 saturated carbocycles. The minimum absolute atomic E-state index is 0.213. The number of benzene rings is 1. The van der Waals surface area contributed by atoms with Crippen LogP contribution in [0.4, 0.5) is 10.5 Å². The first-order valence-electron chi connectivity index (χ1n) is 7.42. The molecule has 0 aromatic heterocycles. The number of carbonyl (C=O) groups excluding carboxylic acids is 1. The van der Waals surface area contributed by atoms with E-state index in [1.54, 1.807) is 4.90 Å². The molecule has 1 saturated heterocycles. The number of anilines is 1. The number of aryl methyl sites for hydroxylation is 1. The molecule has 0 radical (unpaired) electrons. The molecule has 1 aromatic rings. The summed E-state index contributed by atoms with van der Waals surface area (Å²) in [6.07, 6.45) is 2.25. The number of carboxylic acid groups (broad SMARTS) is 1. The summed E-state index contributed by atoms with van der Waals surface area (Å²) < 4.78 is 0. The van der Waals surface area contributed by atoms with Gasteiger partial charge >= 0.3 is 12.0 Å². The molecule has 1 aromatic carbocycles. The minimum Gasteiger partial charge on any atom is -0.480 e. The van der Waals surface area contributed by atoms with E-state index < -0.39 is 12.0 Å². The maximum Gasteiger partial charge on any atom is 0.326 e. The largest absolute Gasteiger partial charge is 0.480 e. The number of hydrogen-bond acceptors (Lipinski definition) is 2. The molecule has 0 aliphatic carbocycles. The molecule has 2 rings (SSSR count). The fourth-order valence-electron chi connectivity index (χ4n) is 2.80. The smallest absolute Gasteiger partial charge is 0.326 e. The van der Waals surface area contributed by atoms with Gasteiger partial charge in [0.25, 0.3) is 0 Å². The van der Waals surface area contributed by atoms with Crippen LogP contribution in [0, 0.1) is 6.92 Å². The van der Waals surface area contributed by atoms with E-state index in [0.717, 1.165) is 24.1 Å². The fraction of sp³-hybridized carbons (Fsp3) is 0.500. The van der Waals surface area contributed by atoms with E-state index in [-0.39, 0.29) is 6.03 Å². The Morgan fingerprint density at radius 1 is 1.38 bits per heavy atom. The van der Waals surface area contributed by atoms with Crippen molar-refractivity contribution in [2.75, 3.05) is 18.0 Å². The number of nitrogens with zero attached hydrogens (tertiary/aromatic N) is 2. The lowest BCUT2D eigenvalue weighted by molar-refractivity contribution is -0.143. The molecule has 21 heavy (non-hydrogen) atoms. The number of carboxylic acids is 1. The van der Waals surface area contributed by atoms with Crippen LogP contribution in [-0.2, 0) is 4.79 Å². The quantitative estimate of drug-likeness (QED) is 0.931. The van der Waals surface area contributed by atoms with E-state index in [0.29, 0.717) is 19.5 Å². The average Bonchev–Trinajstić information content (AvgIpc) is 2.48. The third kappa shape index (κ3) is 3.35. The molecule has 2 amide bonds. The van der Waals surface area contributed by atoms with Gasteiger partial charge < -0.3 is 10.0 Å². The van der Waals surface area contributed by atoms with Gasteiger partial charge in [0.1, 0.15) is 6.04 Å². The second kappa shape index (κ2) is 6.61. The summed E-state index contributed by atoms with van der Waals surface area (Å²) in [5, 5.41) is 9.31. The van der Waals surface area contributed by atoms with Crippen LogP contribution < -0.4 is 4.90 Å². The summed E-state index contributed by atoms with van der Waals surface area (Å²) in [6, 6.07) is 6.80. The van der Waals surface area contributed by atoms with Crippen LogP contribution in [0.2, 0.25) is 0 Å². The highest BCUT2D eigenvalue weighted by molar-refractivity contribution is 5.94. The number of hydrogen-bond donors (Lipinski definition) is 1. The molecule has 5 nitrogen and oxygen atoms in total. The van der Waals surface area contributed by atoms with Crippen LogP contribution >= 0.6 is 0 Å². The van der Waals surface area contributed by atoms with Crippen LogP contribution in [0.25, 0.3) is 0 Å². The predicted octanol–water partition coefficient (Wildman–Crippen LogP) is 2.88. The first-order chi connectivity index (χ1) is 10.0. The molecule has 114 valence electrons. The lowest BCUT2D eigenvalue weighted by Crippen LogP contribution is -2.53. The molecular weight excluding hydrogens is 268 g/mol. The monoisotopic (exact) mass is 290 g/mol. The molecule has 1 atom stereocenters. The van der Waals surface area contributed by atoms with Crippen molar-refractivity contribution in [1.29, 1.82) is 0 Å². The van der Waals surface area contributed by atoms with Gasteiger partial charge in [-0.25, -0.2) is 9.59 Å². The number of aliphatic carboxylic acids is 1. The van der Waals surface area contributed by atoms with Crippen molar-refractivity contribution in [3.05, 3.63) is 29.8 Å². The SMILES string of the molecule is CCN(C(=O)N1CCCCC1C(=O)O)c1cccc(C)c1. The Balaban J connectivity index is 2.24. The van der Waals surface area contributed by atoms with Gasteiger partial charge in [0.15, 0.2) is 0 Å². The second-order valence-corrected chi connectivity index (χ2v) is 5.41. The van der Waals surface area contributed by atoms with Crippen LogP contribution in [-0.4, -0.2) is 41.1 Å². The highest BCUT2D eigenvalue weighted by Gasteiger charge is 2.34. The van der Waals surface area contributed by atoms with Gasteiger partial charge in [0.2, 0.25) is 0 Å². The van der Waals surface area contributed by atoms with Crippen molar-refractivity contribution < 1.29 is 14.7 Å². The number of carbonyl (C=O) groups is 2. The molecule has 0 spiro atoms. The van der Waals surface area contributed by atoms with E-state index in [1.807, 2.05) is 38.1 Å². The van der Waals surface area contributed by atoms with Crippen molar-refractivity contribution in [3.63, 3.8) is 0 Å². The van der Waals surface area contributed by atoms with Gasteiger partial charge in [0, 0.05) is 18.8 Å². The molecule has 1 aliphatic heterocycles. The van der Waals surface area contributed by atoms with Crippen LogP contribution in [0.15, 0.2) is 24.3 Å². The van der Waals surface area contributed by atoms with Crippen LogP contribution in [0.1, 0.15) is 31.7 Å². The summed E-state index contributed by atoms with van der Waals surface area (Å²) in [7, 11) is 0. The standard InChI is InChI=1S/C16H22N2O3/c1-3-17(13-8-6-7-12(2)11-13)16(21)18-10-5-4-9-14(18)15(19)20/h6-8,11,14H,3-5,9-10H2,1-2H3,(H,19,20). The molecule has 5 heteroatoms. The number of amides is 2. The Morgan fingerprint density at radius 2 is 2.14 bits per heavy atom. The zero-order chi connectivity index (χ0) is 15.4. The van der Waals surface area contributed by atoms with Gasteiger partial charge in [-0.05, 0) is 50.8 Å². The molecule has 0 bridgehead atoms. The third-order valence-electron chi connectivity index (χ3n) is 3.89. The number of piperidine rings is 1. The zero-order valence-corrected chi connectivity index (χ0v) is 12.6. The van der Waals surface area contributed by atoms with Crippen molar-refractivity contribution in [2.45, 2.75) is 39.2 Å². The van der Waals surface area contributed by atoms with Gasteiger partial charge in [-0.15, -0.1) is 0 Å². The normalized spacial score (nSPS) is 18.4. The minimum atomic E-state index is -0.914. The number of likely N-dealkylation sites (tertiary alicyclic amines) is 1. The topological polar surface area (TPSA) is 60.9 Å². The lowest BCUT2D eigenvalue weighted by Gasteiger charge is -2.36. The third-order valence-corrected chi connectivity index (χ3v) is 3.89. The molecule has 1 unspecified atom stereocenters. The van der Waals surface area contributed by atoms with Crippen LogP contribution in [0.5, 0.6) is 0 Å². The Kier molecular flexibility index (Phi) is 4.83. The molecular formula is C16H22N2O3. The van der Waals surface area contributed by atoms with Gasteiger partial charge in [-0.2, -0.15) is 0 Å². The molecule has 1 N–H and O–H groups in total. The first kappa shape index (κ1) is 15.4. The highest BCUT2D eigenvalue weighted by Crippen LogP contribution is 2.23. The number of rotatable bonds is 3. The maximum atomic E-state index is 12.7. The van der Waals surface area contributed by atoms with Gasteiger partial charge in [-0.3, -0.25) is 4.90 Å². The van der Waals surface area contributed by atoms with Gasteiger partial charge in [0.05, 0.1) is 0 Å². The Morgan fingerprint density at radius 3 is 2.76 bits per heavy atom. The van der Waals surface area contributed by atoms with E-state index in [9.17, 15) is 14.7 Å². The van der Waals surface area contributed by atoms with Gasteiger partial charge in [-0.1, -0.05) is 12.1 Å². The first-order valence-corrected chi connectivity index (χ1v) is 7.42. The van der Waals surface area contributed by atoms with E-state index in [2.05, 4.69) is 0 Å². The number of urea groups is 1. The molecule has 1 heterocycles. The summed E-state index contributed by atoms with van der Waals surface area (Å²) in [4.78, 5) is 27.2. The predicted molar refractivity (Wildman–Crippen MR) is 81.6 cm³/mol. The van der Waals surface area contributed by atoms with Crippen molar-refractivity contribution in [2.24, 2.45) is 0 Å². The second-order valence-electron chi connectivity index (χ2n) is 5.41. The maximum absolute atomic E-state index is 12.7. The Bertz CT molecular complexity index is 530.